The fourth-order valence-electron chi connectivity index (χ4n) is 10.4. The normalized spacial score (nSPS) is 14.5. The zero-order chi connectivity index (χ0) is 74.6. The number of unbranched alkanes of at least 4 members (excludes halogenated alkanes) is 28. The summed E-state index contributed by atoms with van der Waals surface area (Å²) in [6.07, 6.45) is 81.8. The Labute approximate surface area is 619 Å². The minimum atomic E-state index is -4.99. The number of phosphoric acid groups is 2. The molecular weight excluding hydrogens is 1330 g/mol. The van der Waals surface area contributed by atoms with Crippen LogP contribution in [0, 0.1) is 0 Å². The number of allylic oxidation sites excluding steroid dienone is 20. The molecule has 0 aliphatic rings. The van der Waals surface area contributed by atoms with Crippen molar-refractivity contribution in [1.29, 1.82) is 0 Å². The van der Waals surface area contributed by atoms with E-state index >= 15 is 0 Å². The summed E-state index contributed by atoms with van der Waals surface area (Å²) in [5.74, 6) is -2.26. The number of carbonyl (C=O) groups is 4. The van der Waals surface area contributed by atoms with Crippen molar-refractivity contribution in [2.24, 2.45) is 0 Å². The number of hydrogen-bond acceptors (Lipinski definition) is 15. The minimum absolute atomic E-state index is 0.0739. The maximum atomic E-state index is 13.1. The Balaban J connectivity index is 5.40. The molecule has 3 N–H and O–H groups in total. The molecule has 0 bridgehead atoms. The van der Waals surface area contributed by atoms with Gasteiger partial charge in [-0.1, -0.05) is 284 Å². The van der Waals surface area contributed by atoms with Crippen LogP contribution in [0.5, 0.6) is 0 Å². The van der Waals surface area contributed by atoms with Crippen LogP contribution in [0.1, 0.15) is 323 Å². The maximum Gasteiger partial charge on any atom is 0.472 e. The van der Waals surface area contributed by atoms with Gasteiger partial charge in [0.05, 0.1) is 26.4 Å². The summed E-state index contributed by atoms with van der Waals surface area (Å²) in [6, 6.07) is 0. The van der Waals surface area contributed by atoms with Crippen LogP contribution in [-0.2, 0) is 65.4 Å². The highest BCUT2D eigenvalue weighted by atomic mass is 31.2. The molecule has 0 rings (SSSR count). The summed E-state index contributed by atoms with van der Waals surface area (Å²) in [5.41, 5.74) is 0. The monoisotopic (exact) mass is 1470 g/mol. The van der Waals surface area contributed by atoms with Crippen molar-refractivity contribution in [3.63, 3.8) is 0 Å². The Bertz CT molecular complexity index is 2410. The number of phosphoric ester groups is 2. The molecule has 17 nitrogen and oxygen atoms in total. The highest BCUT2D eigenvalue weighted by Crippen LogP contribution is 2.45. The first-order valence-electron chi connectivity index (χ1n) is 39.8. The van der Waals surface area contributed by atoms with Gasteiger partial charge in [0, 0.05) is 25.7 Å². The Kier molecular flexibility index (Phi) is 71.4. The average Bonchev–Trinajstić information content (AvgIpc) is 0.924. The van der Waals surface area contributed by atoms with Gasteiger partial charge < -0.3 is 33.8 Å². The third kappa shape index (κ3) is 73.8. The molecule has 5 unspecified atom stereocenters. The molecule has 0 radical (unpaired) electrons. The summed E-state index contributed by atoms with van der Waals surface area (Å²) in [7, 11) is -9.98. The number of aliphatic hydroxyl groups is 1. The molecule has 0 aromatic carbocycles. The summed E-state index contributed by atoms with van der Waals surface area (Å²) < 4.78 is 68.5. The van der Waals surface area contributed by atoms with Gasteiger partial charge in [-0.15, -0.1) is 0 Å². The lowest BCUT2D eigenvalue weighted by molar-refractivity contribution is -0.161. The third-order valence-electron chi connectivity index (χ3n) is 16.4. The molecule has 19 heteroatoms. The second-order valence-electron chi connectivity index (χ2n) is 26.2. The number of esters is 4. The van der Waals surface area contributed by atoms with Crippen LogP contribution in [0.4, 0.5) is 0 Å². The van der Waals surface area contributed by atoms with Crippen LogP contribution in [0.3, 0.4) is 0 Å². The fraction of sp³-hybridized carbons (Fsp3) is 0.711. The molecule has 0 aliphatic heterocycles. The quantitative estimate of drug-likeness (QED) is 0.0169. The van der Waals surface area contributed by atoms with E-state index in [2.05, 4.69) is 149 Å². The molecule has 0 aromatic rings. The lowest BCUT2D eigenvalue weighted by Crippen LogP contribution is -2.30. The van der Waals surface area contributed by atoms with Crippen molar-refractivity contribution < 1.29 is 80.2 Å². The van der Waals surface area contributed by atoms with Crippen molar-refractivity contribution in [1.82, 2.24) is 0 Å². The molecule has 586 valence electrons. The Hall–Kier alpha value is -4.54. The fourth-order valence-corrected chi connectivity index (χ4v) is 12.0. The van der Waals surface area contributed by atoms with E-state index in [-0.39, 0.29) is 25.7 Å². The predicted octanol–water partition coefficient (Wildman–Crippen LogP) is 23.1. The molecule has 0 saturated heterocycles. The van der Waals surface area contributed by atoms with Crippen molar-refractivity contribution in [3.05, 3.63) is 122 Å². The van der Waals surface area contributed by atoms with Gasteiger partial charge >= 0.3 is 39.5 Å². The van der Waals surface area contributed by atoms with Gasteiger partial charge in [0.2, 0.25) is 0 Å². The molecule has 102 heavy (non-hydrogen) atoms. The van der Waals surface area contributed by atoms with Crippen LogP contribution in [0.2, 0.25) is 0 Å². The first-order chi connectivity index (χ1) is 49.7. The number of rotatable bonds is 74. The zero-order valence-corrected chi connectivity index (χ0v) is 65.8. The van der Waals surface area contributed by atoms with Gasteiger partial charge in [-0.25, -0.2) is 9.13 Å². The smallest absolute Gasteiger partial charge is 0.462 e. The summed E-state index contributed by atoms with van der Waals surface area (Å²) in [5, 5.41) is 10.6. The average molecular weight is 1470 g/mol. The SMILES string of the molecule is CC/C=C\C/C=C\C/C=C\C/C=C\C/C=C\CCCCCC(=O)OCC(COP(=O)(O)OCC(O)COP(=O)(O)OCC(COC(=O)CCCC/C=C\C/C=C\C/C=C\C/C=C\CC)OC(=O)CCCCCCC/C=C\CCCCCC)OC(=O)CCCCCCCCCCCCCCCCC. The summed E-state index contributed by atoms with van der Waals surface area (Å²) >= 11 is 0. The molecule has 0 heterocycles. The standard InChI is InChI=1S/C83H142O17P2/c1-5-9-13-17-21-25-29-33-36-37-38-39-42-45-48-52-56-60-64-68-81(86)94-74-79(100-83(88)70-66-62-58-54-50-46-41-35-31-27-23-19-15-11-7-3)76-98-102(91,92)96-72-77(84)71-95-101(89,90)97-75-78(99-82(87)69-65-61-57-53-49-43-32-28-24-20-16-12-8-4)73-93-80(85)67-63-59-55-51-47-44-40-34-30-26-22-18-14-10-6-2/h9-10,13-14,21-22,25-26,28,32-34,36,38-40,45,47-48,51,77-79,84H,5-8,11-12,15-20,23-24,27,29-31,35,37,41-44,46,49-50,52-76H2,1-4H3,(H,89,90)(H,91,92)/b13-9-,14-10-,25-21-,26-22-,32-28-,36-33-,39-38-,40-34-,48-45-,51-47-. The minimum Gasteiger partial charge on any atom is -0.462 e. The molecule has 0 spiro atoms. The van der Waals surface area contributed by atoms with Crippen molar-refractivity contribution in [3.8, 4) is 0 Å². The first kappa shape index (κ1) is 97.5. The predicted molar refractivity (Wildman–Crippen MR) is 418 cm³/mol. The van der Waals surface area contributed by atoms with Crippen LogP contribution in [0.25, 0.3) is 0 Å². The zero-order valence-electron chi connectivity index (χ0n) is 64.0. The highest BCUT2D eigenvalue weighted by Gasteiger charge is 2.30. The van der Waals surface area contributed by atoms with Crippen LogP contribution in [0.15, 0.2) is 122 Å². The molecule has 0 aromatic heterocycles. The summed E-state index contributed by atoms with van der Waals surface area (Å²) in [4.78, 5) is 73.0. The molecule has 5 atom stereocenters. The lowest BCUT2D eigenvalue weighted by atomic mass is 10.0. The number of hydrogen-bond donors (Lipinski definition) is 3. The van der Waals surface area contributed by atoms with Gasteiger partial charge in [0.15, 0.2) is 12.2 Å². The topological polar surface area (TPSA) is 237 Å². The van der Waals surface area contributed by atoms with E-state index in [1.165, 1.54) is 89.9 Å². The number of carbonyl (C=O) groups excluding carboxylic acids is 4. The third-order valence-corrected chi connectivity index (χ3v) is 18.3. The van der Waals surface area contributed by atoms with E-state index in [4.69, 9.17) is 37.0 Å². The molecule has 0 aliphatic carbocycles. The van der Waals surface area contributed by atoms with Crippen LogP contribution >= 0.6 is 15.6 Å². The van der Waals surface area contributed by atoms with Crippen molar-refractivity contribution in [2.45, 2.75) is 341 Å². The van der Waals surface area contributed by atoms with Gasteiger partial charge in [-0.05, 0) is 135 Å². The maximum absolute atomic E-state index is 13.1. The van der Waals surface area contributed by atoms with Gasteiger partial charge in [-0.2, -0.15) is 0 Å². The van der Waals surface area contributed by atoms with Crippen molar-refractivity contribution in [2.75, 3.05) is 39.6 Å². The van der Waals surface area contributed by atoms with Gasteiger partial charge in [0.25, 0.3) is 0 Å². The number of ether oxygens (including phenoxy) is 4. The van der Waals surface area contributed by atoms with Crippen LogP contribution < -0.4 is 0 Å². The molecular formula is C83H142O17P2. The first-order valence-corrected chi connectivity index (χ1v) is 42.8. The molecule has 0 saturated carbocycles. The largest absolute Gasteiger partial charge is 0.472 e. The van der Waals surface area contributed by atoms with Crippen molar-refractivity contribution >= 4 is 39.5 Å². The number of aliphatic hydroxyl groups excluding tert-OH is 1. The van der Waals surface area contributed by atoms with E-state index < -0.39 is 97.5 Å². The van der Waals surface area contributed by atoms with E-state index in [0.717, 1.165) is 154 Å². The second kappa shape index (κ2) is 74.7. The van der Waals surface area contributed by atoms with Crippen LogP contribution in [-0.4, -0.2) is 96.7 Å². The Morgan fingerprint density at radius 1 is 0.284 bits per heavy atom. The highest BCUT2D eigenvalue weighted by molar-refractivity contribution is 7.47. The summed E-state index contributed by atoms with van der Waals surface area (Å²) in [6.45, 7) is 4.56. The van der Waals surface area contributed by atoms with E-state index in [9.17, 15) is 43.2 Å². The molecule has 0 fully saturated rings. The van der Waals surface area contributed by atoms with Gasteiger partial charge in [0.1, 0.15) is 19.3 Å². The van der Waals surface area contributed by atoms with Gasteiger partial charge in [-0.3, -0.25) is 37.3 Å². The van der Waals surface area contributed by atoms with E-state index in [1.807, 2.05) is 0 Å². The molecule has 0 amide bonds. The van der Waals surface area contributed by atoms with E-state index in [0.29, 0.717) is 25.7 Å². The Morgan fingerprint density at radius 2 is 0.510 bits per heavy atom. The lowest BCUT2D eigenvalue weighted by Gasteiger charge is -2.21. The second-order valence-corrected chi connectivity index (χ2v) is 29.2. The Morgan fingerprint density at radius 3 is 0.833 bits per heavy atom. The van der Waals surface area contributed by atoms with E-state index in [1.54, 1.807) is 0 Å².